The van der Waals surface area contributed by atoms with Crippen LogP contribution in [-0.4, -0.2) is 32.9 Å². The summed E-state index contributed by atoms with van der Waals surface area (Å²) in [5, 5.41) is 17.0. The Bertz CT molecular complexity index is 716. The van der Waals surface area contributed by atoms with Crippen molar-refractivity contribution >= 4 is 5.91 Å². The van der Waals surface area contributed by atoms with Crippen molar-refractivity contribution < 1.29 is 9.90 Å². The number of amides is 1. The number of nitrogens with one attached hydrogen (secondary N) is 1. The minimum Gasteiger partial charge on any atom is -0.394 e. The molecule has 1 saturated carbocycles. The number of carbonyl (C=O) groups excluding carboxylic acids is 1. The van der Waals surface area contributed by atoms with E-state index in [9.17, 15) is 9.90 Å². The normalized spacial score (nSPS) is 16.9. The molecule has 0 saturated heterocycles. The van der Waals surface area contributed by atoms with E-state index >= 15 is 0 Å². The lowest BCUT2D eigenvalue weighted by molar-refractivity contribution is 0.0824. The van der Waals surface area contributed by atoms with E-state index in [0.717, 1.165) is 29.9 Å². The molecule has 1 aromatic carbocycles. The standard InChI is InChI=1S/C18H23N3O2/c1-12-10-13(2)21(20-12)16-8-4-14(5-9-16)17(23)19-18(3,11-22)15-6-7-15/h4-5,8-10,15,22H,6-7,11H2,1-3H3,(H,19,23). The fraction of sp³-hybridized carbons (Fsp3) is 0.444. The summed E-state index contributed by atoms with van der Waals surface area (Å²) in [5.74, 6) is 0.235. The van der Waals surface area contributed by atoms with Crippen molar-refractivity contribution in [1.82, 2.24) is 15.1 Å². The number of aliphatic hydroxyl groups is 1. The molecular formula is C18H23N3O2. The average Bonchev–Trinajstić information content (AvgIpc) is 3.33. The second-order valence-electron chi connectivity index (χ2n) is 6.69. The van der Waals surface area contributed by atoms with Crippen molar-refractivity contribution in [2.24, 2.45) is 5.92 Å². The molecule has 1 aliphatic carbocycles. The van der Waals surface area contributed by atoms with Crippen LogP contribution < -0.4 is 5.32 Å². The summed E-state index contributed by atoms with van der Waals surface area (Å²) in [6.07, 6.45) is 2.13. The molecule has 1 fully saturated rings. The van der Waals surface area contributed by atoms with E-state index in [2.05, 4.69) is 10.4 Å². The van der Waals surface area contributed by atoms with Crippen LogP contribution in [0.5, 0.6) is 0 Å². The Morgan fingerprint density at radius 3 is 2.48 bits per heavy atom. The Morgan fingerprint density at radius 1 is 1.35 bits per heavy atom. The summed E-state index contributed by atoms with van der Waals surface area (Å²) < 4.78 is 1.86. The number of benzene rings is 1. The first-order valence-electron chi connectivity index (χ1n) is 8.00. The van der Waals surface area contributed by atoms with E-state index in [0.29, 0.717) is 11.5 Å². The van der Waals surface area contributed by atoms with Gasteiger partial charge in [0.25, 0.3) is 5.91 Å². The number of carbonyl (C=O) groups is 1. The van der Waals surface area contributed by atoms with Gasteiger partial charge >= 0.3 is 0 Å². The first-order valence-corrected chi connectivity index (χ1v) is 8.00. The molecule has 1 aromatic heterocycles. The van der Waals surface area contributed by atoms with Gasteiger partial charge in [-0.25, -0.2) is 4.68 Å². The molecule has 5 nitrogen and oxygen atoms in total. The molecule has 1 unspecified atom stereocenters. The highest BCUT2D eigenvalue weighted by molar-refractivity contribution is 5.94. The third-order valence-corrected chi connectivity index (χ3v) is 4.59. The molecule has 23 heavy (non-hydrogen) atoms. The lowest BCUT2D eigenvalue weighted by Gasteiger charge is -2.28. The molecule has 1 heterocycles. The Hall–Kier alpha value is -2.14. The molecule has 1 atom stereocenters. The van der Waals surface area contributed by atoms with Crippen LogP contribution >= 0.6 is 0 Å². The lowest BCUT2D eigenvalue weighted by atomic mass is 9.96. The number of aryl methyl sites for hydroxylation is 2. The number of aliphatic hydroxyl groups excluding tert-OH is 1. The van der Waals surface area contributed by atoms with Gasteiger partial charge in [0.15, 0.2) is 0 Å². The Labute approximate surface area is 136 Å². The van der Waals surface area contributed by atoms with Crippen LogP contribution in [0.3, 0.4) is 0 Å². The molecule has 2 aromatic rings. The van der Waals surface area contributed by atoms with Gasteiger partial charge in [-0.2, -0.15) is 5.10 Å². The highest BCUT2D eigenvalue weighted by atomic mass is 16.3. The molecule has 1 amide bonds. The molecule has 0 radical (unpaired) electrons. The number of hydrogen-bond donors (Lipinski definition) is 2. The van der Waals surface area contributed by atoms with Crippen LogP contribution in [0.2, 0.25) is 0 Å². The zero-order chi connectivity index (χ0) is 16.6. The van der Waals surface area contributed by atoms with Gasteiger partial charge in [-0.05, 0) is 69.9 Å². The monoisotopic (exact) mass is 313 g/mol. The summed E-state index contributed by atoms with van der Waals surface area (Å²) >= 11 is 0. The van der Waals surface area contributed by atoms with Gasteiger partial charge in [-0.3, -0.25) is 4.79 Å². The Balaban J connectivity index is 1.76. The number of aromatic nitrogens is 2. The molecule has 1 aliphatic rings. The predicted octanol–water partition coefficient (Wildman–Crippen LogP) is 2.38. The summed E-state index contributed by atoms with van der Waals surface area (Å²) in [5.41, 5.74) is 3.02. The van der Waals surface area contributed by atoms with Crippen molar-refractivity contribution in [3.05, 3.63) is 47.3 Å². The van der Waals surface area contributed by atoms with Crippen molar-refractivity contribution in [2.45, 2.75) is 39.2 Å². The molecule has 2 N–H and O–H groups in total. The van der Waals surface area contributed by atoms with Crippen LogP contribution in [0.1, 0.15) is 41.5 Å². The SMILES string of the molecule is Cc1cc(C)n(-c2ccc(C(=O)NC(C)(CO)C3CC3)cc2)n1. The van der Waals surface area contributed by atoms with E-state index in [4.69, 9.17) is 0 Å². The summed E-state index contributed by atoms with van der Waals surface area (Å²) in [6.45, 7) is 5.84. The third-order valence-electron chi connectivity index (χ3n) is 4.59. The zero-order valence-electron chi connectivity index (χ0n) is 13.8. The lowest BCUT2D eigenvalue weighted by Crippen LogP contribution is -2.50. The third kappa shape index (κ3) is 3.15. The summed E-state index contributed by atoms with van der Waals surface area (Å²) in [4.78, 5) is 12.4. The number of rotatable bonds is 5. The fourth-order valence-corrected chi connectivity index (χ4v) is 2.97. The Kier molecular flexibility index (Phi) is 3.98. The summed E-state index contributed by atoms with van der Waals surface area (Å²) in [7, 11) is 0. The molecule has 3 rings (SSSR count). The summed E-state index contributed by atoms with van der Waals surface area (Å²) in [6, 6.07) is 9.39. The van der Waals surface area contributed by atoms with Gasteiger partial charge in [0, 0.05) is 11.3 Å². The number of nitrogens with zero attached hydrogens (tertiary/aromatic N) is 2. The van der Waals surface area contributed by atoms with Gasteiger partial charge < -0.3 is 10.4 Å². The highest BCUT2D eigenvalue weighted by Crippen LogP contribution is 2.39. The van der Waals surface area contributed by atoms with Gasteiger partial charge in [0.1, 0.15) is 0 Å². The van der Waals surface area contributed by atoms with E-state index in [1.54, 1.807) is 12.1 Å². The number of hydrogen-bond acceptors (Lipinski definition) is 3. The van der Waals surface area contributed by atoms with Crippen LogP contribution in [0.4, 0.5) is 0 Å². The van der Waals surface area contributed by atoms with Crippen molar-refractivity contribution in [1.29, 1.82) is 0 Å². The zero-order valence-corrected chi connectivity index (χ0v) is 13.8. The minimum absolute atomic E-state index is 0.0345. The molecule has 0 spiro atoms. The predicted molar refractivity (Wildman–Crippen MR) is 88.7 cm³/mol. The first kappa shape index (κ1) is 15.7. The van der Waals surface area contributed by atoms with Gasteiger partial charge in [-0.1, -0.05) is 0 Å². The van der Waals surface area contributed by atoms with Crippen molar-refractivity contribution in [3.8, 4) is 5.69 Å². The molecule has 0 aliphatic heterocycles. The van der Waals surface area contributed by atoms with Gasteiger partial charge in [0.2, 0.25) is 0 Å². The fourth-order valence-electron chi connectivity index (χ4n) is 2.97. The average molecular weight is 313 g/mol. The van der Waals surface area contributed by atoms with Gasteiger partial charge in [0.05, 0.1) is 23.5 Å². The van der Waals surface area contributed by atoms with Crippen molar-refractivity contribution in [3.63, 3.8) is 0 Å². The maximum Gasteiger partial charge on any atom is 0.251 e. The van der Waals surface area contributed by atoms with E-state index in [1.165, 1.54) is 0 Å². The van der Waals surface area contributed by atoms with E-state index in [-0.39, 0.29) is 12.5 Å². The molecule has 5 heteroatoms. The molecule has 0 bridgehead atoms. The molecule has 122 valence electrons. The topological polar surface area (TPSA) is 67.2 Å². The second-order valence-corrected chi connectivity index (χ2v) is 6.69. The minimum atomic E-state index is -0.522. The largest absolute Gasteiger partial charge is 0.394 e. The quantitative estimate of drug-likeness (QED) is 0.890. The first-order chi connectivity index (χ1) is 10.9. The smallest absolute Gasteiger partial charge is 0.251 e. The maximum absolute atomic E-state index is 12.4. The van der Waals surface area contributed by atoms with E-state index in [1.807, 2.05) is 43.7 Å². The molecular weight excluding hydrogens is 290 g/mol. The Morgan fingerprint density at radius 2 is 2.00 bits per heavy atom. The van der Waals surface area contributed by atoms with Crippen LogP contribution in [0, 0.1) is 19.8 Å². The van der Waals surface area contributed by atoms with Gasteiger partial charge in [-0.15, -0.1) is 0 Å². The maximum atomic E-state index is 12.4. The van der Waals surface area contributed by atoms with Crippen LogP contribution in [-0.2, 0) is 0 Å². The van der Waals surface area contributed by atoms with Crippen molar-refractivity contribution in [2.75, 3.05) is 6.61 Å². The highest BCUT2D eigenvalue weighted by Gasteiger charge is 2.42. The van der Waals surface area contributed by atoms with Crippen LogP contribution in [0.25, 0.3) is 5.69 Å². The van der Waals surface area contributed by atoms with E-state index < -0.39 is 5.54 Å². The van der Waals surface area contributed by atoms with Crippen LogP contribution in [0.15, 0.2) is 30.3 Å². The second kappa shape index (κ2) is 5.81.